The fourth-order valence-electron chi connectivity index (χ4n) is 5.23. The predicted molar refractivity (Wildman–Crippen MR) is 156 cm³/mol. The topological polar surface area (TPSA) is 142 Å². The van der Waals surface area contributed by atoms with E-state index in [0.29, 0.717) is 29.1 Å². The van der Waals surface area contributed by atoms with E-state index in [1.54, 1.807) is 25.1 Å². The lowest BCUT2D eigenvalue weighted by Crippen LogP contribution is -2.56. The number of carboxylic acid groups (broad SMARTS) is 1. The molecule has 1 aromatic heterocycles. The number of tetrazole rings is 1. The molecule has 1 saturated heterocycles. The standard InChI is InChI=1S/C30H30ClN7O4/c1-19(28(39)32-17-24-15-25(31)11-12-26(24)38-18-33-35-36-38)34-29(40)27-16-23(13-14-37(27)30(41)42)22-9-7-21(8-10-22)20-5-3-2-4-6-20/h2-12,15,18-19,23,27H,13-14,16-17H2,1H3,(H,32,39)(H,34,40)(H,41,42). The molecule has 1 aliphatic heterocycles. The molecule has 3 atom stereocenters. The lowest BCUT2D eigenvalue weighted by atomic mass is 9.84. The molecule has 3 aromatic carbocycles. The number of aromatic nitrogens is 4. The smallest absolute Gasteiger partial charge is 0.407 e. The van der Waals surface area contributed by atoms with Gasteiger partial charge in [0, 0.05) is 18.1 Å². The number of carbonyl (C=O) groups excluding carboxylic acids is 2. The van der Waals surface area contributed by atoms with Crippen LogP contribution in [0.25, 0.3) is 16.8 Å². The summed E-state index contributed by atoms with van der Waals surface area (Å²) in [5.41, 5.74) is 4.55. The van der Waals surface area contributed by atoms with Gasteiger partial charge < -0.3 is 15.7 Å². The van der Waals surface area contributed by atoms with E-state index < -0.39 is 30.0 Å². The van der Waals surface area contributed by atoms with Gasteiger partial charge in [-0.15, -0.1) is 5.10 Å². The Morgan fingerprint density at radius 2 is 1.79 bits per heavy atom. The van der Waals surface area contributed by atoms with E-state index in [1.807, 2.05) is 54.6 Å². The summed E-state index contributed by atoms with van der Waals surface area (Å²) < 4.78 is 1.46. The number of likely N-dealkylation sites (tertiary alicyclic amines) is 1. The Kier molecular flexibility index (Phi) is 8.77. The maximum absolute atomic E-state index is 13.3. The third-order valence-corrected chi connectivity index (χ3v) is 7.72. The van der Waals surface area contributed by atoms with Crippen LogP contribution < -0.4 is 10.6 Å². The fourth-order valence-corrected chi connectivity index (χ4v) is 5.42. The molecule has 42 heavy (non-hydrogen) atoms. The summed E-state index contributed by atoms with van der Waals surface area (Å²) in [6.45, 7) is 1.88. The number of hydrogen-bond donors (Lipinski definition) is 3. The highest BCUT2D eigenvalue weighted by Gasteiger charge is 2.37. The molecular weight excluding hydrogens is 558 g/mol. The van der Waals surface area contributed by atoms with E-state index in [0.717, 1.165) is 21.6 Å². The van der Waals surface area contributed by atoms with Gasteiger partial charge in [0.2, 0.25) is 11.8 Å². The molecule has 0 saturated carbocycles. The van der Waals surface area contributed by atoms with E-state index in [1.165, 1.54) is 11.0 Å². The Hall–Kier alpha value is -4.77. The second kappa shape index (κ2) is 12.8. The minimum atomic E-state index is -1.17. The Morgan fingerprint density at radius 3 is 2.48 bits per heavy atom. The summed E-state index contributed by atoms with van der Waals surface area (Å²) in [6.07, 6.45) is 1.18. The minimum absolute atomic E-state index is 0.00201. The Labute approximate surface area is 247 Å². The van der Waals surface area contributed by atoms with Gasteiger partial charge in [-0.1, -0.05) is 66.2 Å². The number of halogens is 1. The van der Waals surface area contributed by atoms with Gasteiger partial charge in [0.15, 0.2) is 0 Å². The van der Waals surface area contributed by atoms with E-state index in [-0.39, 0.29) is 19.0 Å². The molecule has 0 radical (unpaired) electrons. The Morgan fingerprint density at radius 1 is 1.05 bits per heavy atom. The Bertz CT molecular complexity index is 1550. The molecule has 5 rings (SSSR count). The van der Waals surface area contributed by atoms with Gasteiger partial charge in [0.25, 0.3) is 0 Å². The van der Waals surface area contributed by atoms with Crippen LogP contribution in [0.2, 0.25) is 5.02 Å². The van der Waals surface area contributed by atoms with Crippen molar-refractivity contribution in [3.8, 4) is 16.8 Å². The van der Waals surface area contributed by atoms with Crippen molar-refractivity contribution in [2.24, 2.45) is 0 Å². The number of piperidine rings is 1. The van der Waals surface area contributed by atoms with E-state index in [4.69, 9.17) is 11.6 Å². The summed E-state index contributed by atoms with van der Waals surface area (Å²) in [4.78, 5) is 39.4. The molecule has 4 aromatic rings. The van der Waals surface area contributed by atoms with Crippen LogP contribution in [0, 0.1) is 0 Å². The van der Waals surface area contributed by atoms with E-state index >= 15 is 0 Å². The average molecular weight is 588 g/mol. The fraction of sp³-hybridized carbons (Fsp3) is 0.267. The molecule has 1 fully saturated rings. The normalized spacial score (nSPS) is 17.3. The zero-order valence-electron chi connectivity index (χ0n) is 22.9. The second-order valence-corrected chi connectivity index (χ2v) is 10.6. The van der Waals surface area contributed by atoms with Gasteiger partial charge in [-0.05, 0) is 76.6 Å². The molecule has 2 heterocycles. The summed E-state index contributed by atoms with van der Waals surface area (Å²) in [5.74, 6) is -0.947. The first-order valence-corrected chi connectivity index (χ1v) is 13.9. The maximum Gasteiger partial charge on any atom is 0.407 e. The molecular formula is C30H30ClN7O4. The van der Waals surface area contributed by atoms with Gasteiger partial charge in [-0.25, -0.2) is 9.48 Å². The van der Waals surface area contributed by atoms with Crippen LogP contribution >= 0.6 is 11.6 Å². The maximum atomic E-state index is 13.3. The lowest BCUT2D eigenvalue weighted by molar-refractivity contribution is -0.132. The number of carbonyl (C=O) groups is 3. The lowest BCUT2D eigenvalue weighted by Gasteiger charge is -2.37. The van der Waals surface area contributed by atoms with Crippen LogP contribution in [0.4, 0.5) is 4.79 Å². The summed E-state index contributed by atoms with van der Waals surface area (Å²) in [6, 6.07) is 21.5. The van der Waals surface area contributed by atoms with Crippen molar-refractivity contribution in [2.45, 2.75) is 44.3 Å². The molecule has 0 aliphatic carbocycles. The van der Waals surface area contributed by atoms with Gasteiger partial charge in [-0.3, -0.25) is 14.5 Å². The molecule has 216 valence electrons. The third kappa shape index (κ3) is 6.58. The van der Waals surface area contributed by atoms with Gasteiger partial charge in [0.1, 0.15) is 18.4 Å². The van der Waals surface area contributed by atoms with Gasteiger partial charge in [-0.2, -0.15) is 0 Å². The van der Waals surface area contributed by atoms with Crippen LogP contribution in [0.15, 0.2) is 79.1 Å². The first-order valence-electron chi connectivity index (χ1n) is 13.5. The monoisotopic (exact) mass is 587 g/mol. The van der Waals surface area contributed by atoms with Crippen LogP contribution in [0.1, 0.15) is 36.8 Å². The SMILES string of the molecule is CC(NC(=O)C1CC(c2ccc(-c3ccccc3)cc2)CCN1C(=O)O)C(=O)NCc1cc(Cl)ccc1-n1cnnn1. The molecule has 1 aliphatic rings. The molecule has 11 nitrogen and oxygen atoms in total. The Balaban J connectivity index is 1.23. The highest BCUT2D eigenvalue weighted by Crippen LogP contribution is 2.33. The molecule has 12 heteroatoms. The highest BCUT2D eigenvalue weighted by atomic mass is 35.5. The summed E-state index contributed by atoms with van der Waals surface area (Å²) in [5, 5.41) is 27.0. The molecule has 3 unspecified atom stereocenters. The number of benzene rings is 3. The van der Waals surface area contributed by atoms with Gasteiger partial charge >= 0.3 is 6.09 Å². The van der Waals surface area contributed by atoms with Crippen molar-refractivity contribution in [1.29, 1.82) is 0 Å². The van der Waals surface area contributed by atoms with Crippen molar-refractivity contribution in [2.75, 3.05) is 6.54 Å². The van der Waals surface area contributed by atoms with Crippen molar-refractivity contribution in [1.82, 2.24) is 35.7 Å². The summed E-state index contributed by atoms with van der Waals surface area (Å²) >= 11 is 6.16. The van der Waals surface area contributed by atoms with E-state index in [9.17, 15) is 19.5 Å². The molecule has 0 bridgehead atoms. The molecule has 0 spiro atoms. The highest BCUT2D eigenvalue weighted by molar-refractivity contribution is 6.30. The average Bonchev–Trinajstić information content (AvgIpc) is 3.55. The van der Waals surface area contributed by atoms with Crippen LogP contribution in [-0.2, 0) is 16.1 Å². The zero-order valence-corrected chi connectivity index (χ0v) is 23.6. The predicted octanol–water partition coefficient (Wildman–Crippen LogP) is 4.03. The van der Waals surface area contributed by atoms with Crippen LogP contribution in [0.5, 0.6) is 0 Å². The van der Waals surface area contributed by atoms with Crippen molar-refractivity contribution >= 4 is 29.5 Å². The number of nitrogens with one attached hydrogen (secondary N) is 2. The minimum Gasteiger partial charge on any atom is -0.465 e. The van der Waals surface area contributed by atoms with Crippen molar-refractivity contribution < 1.29 is 19.5 Å². The van der Waals surface area contributed by atoms with Gasteiger partial charge in [0.05, 0.1) is 5.69 Å². The summed E-state index contributed by atoms with van der Waals surface area (Å²) in [7, 11) is 0. The number of nitrogens with zero attached hydrogens (tertiary/aromatic N) is 5. The second-order valence-electron chi connectivity index (χ2n) is 10.2. The van der Waals surface area contributed by atoms with Crippen molar-refractivity contribution in [3.63, 3.8) is 0 Å². The number of hydrogen-bond acceptors (Lipinski definition) is 6. The first kappa shape index (κ1) is 28.7. The number of rotatable bonds is 8. The largest absolute Gasteiger partial charge is 0.465 e. The van der Waals surface area contributed by atoms with E-state index in [2.05, 4.69) is 26.2 Å². The molecule has 3 N–H and O–H groups in total. The van der Waals surface area contributed by atoms with Crippen LogP contribution in [0.3, 0.4) is 0 Å². The first-order chi connectivity index (χ1) is 20.3. The third-order valence-electron chi connectivity index (χ3n) is 7.48. The number of amides is 3. The van der Waals surface area contributed by atoms with Crippen molar-refractivity contribution in [3.05, 3.63) is 95.3 Å². The van der Waals surface area contributed by atoms with Crippen LogP contribution in [-0.4, -0.2) is 66.7 Å². The molecule has 3 amide bonds. The zero-order chi connectivity index (χ0) is 29.6. The quantitative estimate of drug-likeness (QED) is 0.282.